The molecule has 4 aromatic rings. The maximum Gasteiger partial charge on any atom is 0.384 e. The zero-order valence-corrected chi connectivity index (χ0v) is 25.6. The van der Waals surface area contributed by atoms with Crippen LogP contribution >= 0.6 is 11.6 Å². The van der Waals surface area contributed by atoms with Crippen LogP contribution in [0.4, 0.5) is 5.69 Å². The summed E-state index contributed by atoms with van der Waals surface area (Å²) in [7, 11) is -3.99. The molecule has 0 fully saturated rings. The summed E-state index contributed by atoms with van der Waals surface area (Å²) in [6, 6.07) is 20.9. The van der Waals surface area contributed by atoms with Crippen LogP contribution in [0.25, 0.3) is 28.3 Å². The van der Waals surface area contributed by atoms with Crippen molar-refractivity contribution < 1.29 is 39.6 Å². The van der Waals surface area contributed by atoms with Crippen molar-refractivity contribution >= 4 is 55.9 Å². The zero-order valence-electron chi connectivity index (χ0n) is 23.2. The van der Waals surface area contributed by atoms with Gasteiger partial charge < -0.3 is 18.6 Å². The Morgan fingerprint density at radius 1 is 1.14 bits per heavy atom. The average molecular weight is 647 g/mol. The first-order chi connectivity index (χ1) is 20.6. The minimum absolute atomic E-state index is 0.0370. The van der Waals surface area contributed by atoms with E-state index >= 15 is 0 Å². The summed E-state index contributed by atoms with van der Waals surface area (Å²) < 4.78 is 69.8. The summed E-state index contributed by atoms with van der Waals surface area (Å²) in [5.41, 5.74) is 4.84. The number of nitrogens with zero attached hydrogens (tertiary/aromatic N) is 2. The molecule has 1 aliphatic rings. The molecule has 3 aromatic carbocycles. The first-order valence-corrected chi connectivity index (χ1v) is 16.6. The topological polar surface area (TPSA) is 133 Å². The second-order valence-electron chi connectivity index (χ2n) is 9.77. The number of anilines is 1. The van der Waals surface area contributed by atoms with Crippen molar-refractivity contribution in [1.82, 2.24) is 0 Å². The minimum Gasteiger partial charge on any atom is -0.439 e. The second kappa shape index (κ2) is 13.4. The Hall–Kier alpha value is -3.52. The van der Waals surface area contributed by atoms with Gasteiger partial charge in [-0.05, 0) is 53.8 Å². The Kier molecular flexibility index (Phi) is 9.65. The molecule has 3 N–H and O–H groups in total. The molecular formula is C30H31ClN2O8S2+2. The van der Waals surface area contributed by atoms with Crippen LogP contribution in [0.2, 0.25) is 5.02 Å². The summed E-state index contributed by atoms with van der Waals surface area (Å²) in [5.74, 6) is 1.20. The first kappa shape index (κ1) is 30.9. The number of oxazole rings is 1. The smallest absolute Gasteiger partial charge is 0.384 e. The highest BCUT2D eigenvalue weighted by Gasteiger charge is 2.28. The fraction of sp³-hybridized carbons (Fsp3) is 0.233. The van der Waals surface area contributed by atoms with Crippen LogP contribution in [-0.2, 0) is 32.2 Å². The predicted molar refractivity (Wildman–Crippen MR) is 166 cm³/mol. The molecular weight excluding hydrogens is 616 g/mol. The van der Waals surface area contributed by atoms with E-state index in [1.165, 1.54) is 0 Å². The van der Waals surface area contributed by atoms with Crippen LogP contribution in [0.1, 0.15) is 25.7 Å². The summed E-state index contributed by atoms with van der Waals surface area (Å²) in [6.45, 7) is 2.52. The fourth-order valence-electron chi connectivity index (χ4n) is 4.79. The number of allylic oxidation sites excluding steroid dienone is 2. The van der Waals surface area contributed by atoms with Crippen molar-refractivity contribution in [3.05, 3.63) is 95.2 Å². The van der Waals surface area contributed by atoms with Crippen LogP contribution in [0, 0.1) is 0 Å². The maximum atomic E-state index is 11.8. The third kappa shape index (κ3) is 7.71. The highest BCUT2D eigenvalue weighted by atomic mass is 35.5. The molecule has 1 aromatic heterocycles. The summed E-state index contributed by atoms with van der Waals surface area (Å²) >= 11 is 3.92. The number of rotatable bonds is 12. The number of benzene rings is 3. The minimum atomic E-state index is -3.99. The van der Waals surface area contributed by atoms with Crippen LogP contribution in [-0.4, -0.2) is 40.6 Å². The van der Waals surface area contributed by atoms with Gasteiger partial charge in [0, 0.05) is 23.7 Å². The Balaban J connectivity index is 1.53. The van der Waals surface area contributed by atoms with Crippen molar-refractivity contribution in [2.24, 2.45) is 0 Å². The van der Waals surface area contributed by atoms with E-state index < -0.39 is 21.5 Å². The van der Waals surface area contributed by atoms with Gasteiger partial charge in [0.05, 0.1) is 18.4 Å². The van der Waals surface area contributed by atoms with Crippen molar-refractivity contribution in [2.75, 3.05) is 23.8 Å². The average Bonchev–Trinajstić information content (AvgIpc) is 3.49. The fourth-order valence-corrected chi connectivity index (χ4v) is 5.64. The monoisotopic (exact) mass is 646 g/mol. The molecule has 1 unspecified atom stereocenters. The third-order valence-corrected chi connectivity index (χ3v) is 8.17. The van der Waals surface area contributed by atoms with Crippen molar-refractivity contribution in [1.29, 1.82) is 0 Å². The zero-order chi connectivity index (χ0) is 30.6. The molecule has 226 valence electrons. The van der Waals surface area contributed by atoms with Gasteiger partial charge in [-0.15, -0.1) is 0 Å². The van der Waals surface area contributed by atoms with E-state index in [2.05, 4.69) is 0 Å². The molecule has 0 aliphatic carbocycles. The van der Waals surface area contributed by atoms with Gasteiger partial charge in [0.1, 0.15) is 0 Å². The quantitative estimate of drug-likeness (QED) is 0.0965. The van der Waals surface area contributed by atoms with Gasteiger partial charge in [-0.25, -0.2) is 0 Å². The summed E-state index contributed by atoms with van der Waals surface area (Å²) in [6.07, 6.45) is 4.74. The molecule has 1 atom stereocenters. The van der Waals surface area contributed by atoms with E-state index in [0.717, 1.165) is 22.4 Å². The summed E-state index contributed by atoms with van der Waals surface area (Å²) in [5, 5.41) is 0.537. The molecule has 10 nitrogen and oxygen atoms in total. The molecule has 2 heterocycles. The van der Waals surface area contributed by atoms with Crippen LogP contribution < -0.4 is 14.2 Å². The number of aryl methyl sites for hydroxylation is 1. The lowest BCUT2D eigenvalue weighted by molar-refractivity contribution is -0.673. The number of hydrogen-bond donors (Lipinski definition) is 1. The van der Waals surface area contributed by atoms with Gasteiger partial charge in [0.2, 0.25) is 11.5 Å². The van der Waals surface area contributed by atoms with Crippen LogP contribution in [0.3, 0.4) is 0 Å². The van der Waals surface area contributed by atoms with Gasteiger partial charge in [-0.2, -0.15) is 17.2 Å². The van der Waals surface area contributed by atoms with E-state index in [1.807, 2.05) is 72.5 Å². The number of fused-ring (bicyclic) bond motifs is 2. The van der Waals surface area contributed by atoms with Gasteiger partial charge in [-0.3, -0.25) is 8.74 Å². The van der Waals surface area contributed by atoms with E-state index in [0.29, 0.717) is 53.0 Å². The van der Waals surface area contributed by atoms with E-state index in [9.17, 15) is 12.6 Å². The molecule has 13 heteroatoms. The van der Waals surface area contributed by atoms with Crippen LogP contribution in [0.15, 0.2) is 88.7 Å². The molecule has 43 heavy (non-hydrogen) atoms. The number of halogens is 1. The molecule has 0 saturated carbocycles. The second-order valence-corrected chi connectivity index (χ2v) is 12.5. The lowest BCUT2D eigenvalue weighted by Crippen LogP contribution is -2.38. The Labute approximate surface area is 257 Å². The molecule has 0 amide bonds. The van der Waals surface area contributed by atoms with E-state index in [4.69, 9.17) is 34.0 Å². The van der Waals surface area contributed by atoms with Gasteiger partial charge in [0.15, 0.2) is 18.0 Å². The molecule has 1 aliphatic heterocycles. The van der Waals surface area contributed by atoms with Gasteiger partial charge in [0.25, 0.3) is 5.52 Å². The van der Waals surface area contributed by atoms with Gasteiger partial charge >= 0.3 is 27.4 Å². The molecule has 0 spiro atoms. The highest BCUT2D eigenvalue weighted by Crippen LogP contribution is 2.41. The van der Waals surface area contributed by atoms with Crippen molar-refractivity contribution in [2.45, 2.75) is 26.3 Å². The first-order valence-electron chi connectivity index (χ1n) is 13.5. The van der Waals surface area contributed by atoms with Crippen molar-refractivity contribution in [3.8, 4) is 16.9 Å². The normalized spacial score (nSPS) is 15.2. The molecule has 5 rings (SSSR count). The molecule has 0 radical (unpaired) electrons. The van der Waals surface area contributed by atoms with Gasteiger partial charge in [-0.1, -0.05) is 54.9 Å². The highest BCUT2D eigenvalue weighted by molar-refractivity contribution is 7.85. The number of hydrogen-bond acceptors (Lipinski definition) is 7. The van der Waals surface area contributed by atoms with Crippen LogP contribution in [0.5, 0.6) is 5.75 Å². The van der Waals surface area contributed by atoms with E-state index in [-0.39, 0.29) is 18.9 Å². The molecule has 0 bridgehead atoms. The van der Waals surface area contributed by atoms with E-state index in [1.54, 1.807) is 22.8 Å². The number of ether oxygens (including phenoxy) is 1. The third-order valence-electron chi connectivity index (χ3n) is 6.85. The lowest BCUT2D eigenvalue weighted by Gasteiger charge is -2.18. The Morgan fingerprint density at radius 3 is 2.65 bits per heavy atom. The lowest BCUT2D eigenvalue weighted by atomic mass is 10.1. The summed E-state index contributed by atoms with van der Waals surface area (Å²) in [4.78, 5) is 1.92. The standard InChI is InChI=1S/C30H29ClN2O8S2/c1-2-21(17-29-32(13-6-15-39-42(34)35)26-20-24(31)10-12-28(26)41-29)18-30-33(14-16-43(36,37)38)25-19-23(9-11-27(25)40-30)22-7-4-3-5-8-22/h3-5,7-12,17-20H,2,6,13-16H2,1H3,(H-,34,35,36,37,38)/p+2. The SMILES string of the molecule is CCC(=Cc1oc2ccc(-c3ccccc3)cc2[n+]1CCS(=O)(=O)[OH2+])C=C1Oc2ccc(Cl)cc2N1CCCOS(=O)O. The predicted octanol–water partition coefficient (Wildman–Crippen LogP) is 5.17. The molecule has 0 saturated heterocycles. The Morgan fingerprint density at radius 2 is 1.93 bits per heavy atom. The largest absolute Gasteiger partial charge is 0.439 e. The Bertz CT molecular complexity index is 1820. The number of aromatic nitrogens is 1. The maximum absolute atomic E-state index is 11.8. The van der Waals surface area contributed by atoms with Crippen molar-refractivity contribution in [3.63, 3.8) is 0 Å².